The van der Waals surface area contributed by atoms with Crippen LogP contribution in [0.5, 0.6) is 0 Å². The molecule has 0 aromatic heterocycles. The fourth-order valence-electron chi connectivity index (χ4n) is 5.43. The number of methoxy groups -OCH3 is 1. The van der Waals surface area contributed by atoms with Crippen molar-refractivity contribution < 1.29 is 32.3 Å². The summed E-state index contributed by atoms with van der Waals surface area (Å²) in [7, 11) is -2.63. The van der Waals surface area contributed by atoms with E-state index in [1.165, 1.54) is 25.7 Å². The van der Waals surface area contributed by atoms with Gasteiger partial charge in [-0.2, -0.15) is 8.42 Å². The molecule has 5 atom stereocenters. The average molecular weight is 535 g/mol. The van der Waals surface area contributed by atoms with Crippen LogP contribution in [0.3, 0.4) is 0 Å². The maximum absolute atomic E-state index is 13.0. The van der Waals surface area contributed by atoms with Gasteiger partial charge >= 0.3 is 5.97 Å². The van der Waals surface area contributed by atoms with E-state index in [2.05, 4.69) is 4.74 Å². The normalized spacial score (nSPS) is 26.2. The third kappa shape index (κ3) is 8.77. The van der Waals surface area contributed by atoms with Gasteiger partial charge in [0, 0.05) is 18.8 Å². The van der Waals surface area contributed by atoms with Crippen molar-refractivity contribution in [2.75, 3.05) is 7.11 Å². The minimum Gasteiger partial charge on any atom is -0.469 e. The first-order chi connectivity index (χ1) is 17.7. The molecule has 2 aliphatic rings. The molecular formula is C29H42O7S. The second-order valence-electron chi connectivity index (χ2n) is 10.4. The lowest BCUT2D eigenvalue weighted by Gasteiger charge is -2.26. The van der Waals surface area contributed by atoms with E-state index in [0.717, 1.165) is 31.2 Å². The predicted molar refractivity (Wildman–Crippen MR) is 142 cm³/mol. The van der Waals surface area contributed by atoms with E-state index in [1.807, 2.05) is 25.2 Å². The molecule has 206 valence electrons. The van der Waals surface area contributed by atoms with Crippen LogP contribution in [-0.2, 0) is 23.8 Å². The van der Waals surface area contributed by atoms with Crippen LogP contribution in [0.15, 0.2) is 53.5 Å². The molecule has 2 aliphatic carbocycles. The van der Waals surface area contributed by atoms with Gasteiger partial charge in [0.05, 0.1) is 30.3 Å². The maximum Gasteiger partial charge on any atom is 0.305 e. The zero-order valence-electron chi connectivity index (χ0n) is 22.0. The molecule has 3 rings (SSSR count). The summed E-state index contributed by atoms with van der Waals surface area (Å²) in [6.45, 7) is 1.89. The fourth-order valence-corrected chi connectivity index (χ4v) is 6.56. The maximum atomic E-state index is 13.0. The first kappa shape index (κ1) is 29.6. The van der Waals surface area contributed by atoms with Gasteiger partial charge in [0.15, 0.2) is 0 Å². The Kier molecular flexibility index (Phi) is 11.4. The van der Waals surface area contributed by atoms with Crippen molar-refractivity contribution in [2.45, 2.75) is 94.3 Å². The lowest BCUT2D eigenvalue weighted by Crippen LogP contribution is -2.26. The molecule has 0 amide bonds. The highest BCUT2D eigenvalue weighted by Gasteiger charge is 2.43. The van der Waals surface area contributed by atoms with Gasteiger partial charge in [0.2, 0.25) is 0 Å². The molecule has 1 aromatic carbocycles. The first-order valence-electron chi connectivity index (χ1n) is 13.5. The van der Waals surface area contributed by atoms with Crippen LogP contribution in [0.2, 0.25) is 0 Å². The summed E-state index contributed by atoms with van der Waals surface area (Å²) in [4.78, 5) is 11.4. The Hall–Kier alpha value is -2.00. The fraction of sp³-hybridized carbons (Fsp3) is 0.621. The Morgan fingerprint density at radius 2 is 1.84 bits per heavy atom. The van der Waals surface area contributed by atoms with Crippen molar-refractivity contribution in [2.24, 2.45) is 17.8 Å². The van der Waals surface area contributed by atoms with Crippen molar-refractivity contribution in [3.05, 3.63) is 54.1 Å². The SMILES string of the molecule is COC(=O)CCC/C=C\C[C@@H]1[C@@H](/C=C/[C@H](O)C2CCCCC2)[C@H](O)C[C@H]1OS(=O)(=O)c1ccc(C)cc1. The summed E-state index contributed by atoms with van der Waals surface area (Å²) in [6, 6.07) is 6.52. The van der Waals surface area contributed by atoms with Crippen molar-refractivity contribution in [3.63, 3.8) is 0 Å². The summed E-state index contributed by atoms with van der Waals surface area (Å²) in [5, 5.41) is 21.6. The number of unbranched alkanes of at least 4 members (excludes halogenated alkanes) is 1. The van der Waals surface area contributed by atoms with E-state index >= 15 is 0 Å². The van der Waals surface area contributed by atoms with Gasteiger partial charge < -0.3 is 14.9 Å². The van der Waals surface area contributed by atoms with Gasteiger partial charge in [-0.05, 0) is 63.0 Å². The number of carbonyl (C=O) groups excluding carboxylic acids is 1. The van der Waals surface area contributed by atoms with Crippen molar-refractivity contribution >= 4 is 16.1 Å². The second kappa shape index (κ2) is 14.2. The van der Waals surface area contributed by atoms with E-state index in [-0.39, 0.29) is 35.0 Å². The van der Waals surface area contributed by atoms with E-state index < -0.39 is 28.4 Å². The minimum absolute atomic E-state index is 0.0939. The Labute approximate surface area is 221 Å². The summed E-state index contributed by atoms with van der Waals surface area (Å²) in [5.41, 5.74) is 0.951. The molecule has 2 N–H and O–H groups in total. The van der Waals surface area contributed by atoms with Crippen LogP contribution in [0.4, 0.5) is 0 Å². The molecule has 37 heavy (non-hydrogen) atoms. The minimum atomic E-state index is -4.00. The molecule has 8 heteroatoms. The van der Waals surface area contributed by atoms with Crippen molar-refractivity contribution in [3.8, 4) is 0 Å². The first-order valence-corrected chi connectivity index (χ1v) is 14.9. The van der Waals surface area contributed by atoms with E-state index in [4.69, 9.17) is 4.18 Å². The van der Waals surface area contributed by atoms with Crippen LogP contribution >= 0.6 is 0 Å². The van der Waals surface area contributed by atoms with Gasteiger partial charge in [-0.25, -0.2) is 0 Å². The summed E-state index contributed by atoms with van der Waals surface area (Å²) >= 11 is 0. The van der Waals surface area contributed by atoms with Crippen LogP contribution in [0, 0.1) is 24.7 Å². The van der Waals surface area contributed by atoms with Crippen LogP contribution in [0.25, 0.3) is 0 Å². The summed E-state index contributed by atoms with van der Waals surface area (Å²) < 4.78 is 36.4. The Morgan fingerprint density at radius 3 is 2.51 bits per heavy atom. The molecule has 1 aromatic rings. The van der Waals surface area contributed by atoms with Crippen LogP contribution < -0.4 is 0 Å². The summed E-state index contributed by atoms with van der Waals surface area (Å²) in [6.07, 6.45) is 13.4. The molecule has 0 bridgehead atoms. The van der Waals surface area contributed by atoms with Crippen molar-refractivity contribution in [1.82, 2.24) is 0 Å². The number of aliphatic hydroxyl groups excluding tert-OH is 2. The highest BCUT2D eigenvalue weighted by molar-refractivity contribution is 7.86. The molecule has 0 saturated heterocycles. The van der Waals surface area contributed by atoms with Gasteiger partial charge in [-0.15, -0.1) is 0 Å². The number of ether oxygens (including phenoxy) is 1. The second-order valence-corrected chi connectivity index (χ2v) is 12.0. The summed E-state index contributed by atoms with van der Waals surface area (Å²) in [5.74, 6) is -0.632. The molecule has 2 saturated carbocycles. The number of esters is 1. The van der Waals surface area contributed by atoms with Crippen LogP contribution in [0.1, 0.15) is 69.8 Å². The Bertz CT molecular complexity index is 1010. The number of aliphatic hydroxyl groups is 2. The number of allylic oxidation sites excluding steroid dienone is 2. The number of hydrogen-bond acceptors (Lipinski definition) is 7. The van der Waals surface area contributed by atoms with Gasteiger partial charge in [0.1, 0.15) is 0 Å². The molecule has 0 spiro atoms. The standard InChI is InChI=1S/C29H42O7S/c1-21-14-16-23(17-15-21)37(33,34)36-28-20-27(31)24(18-19-26(30)22-10-6-5-7-11-22)25(28)12-8-3-4-9-13-29(32)35-2/h3,8,14-19,22,24-28,30-31H,4-7,9-13,20H2,1-2H3/b8-3-,19-18+/t24-,25-,26+,27-,28-/m1/s1. The monoisotopic (exact) mass is 534 g/mol. The van der Waals surface area contributed by atoms with Gasteiger partial charge in [-0.1, -0.05) is 61.3 Å². The zero-order chi connectivity index (χ0) is 26.8. The van der Waals surface area contributed by atoms with Crippen LogP contribution in [-0.4, -0.2) is 50.0 Å². The smallest absolute Gasteiger partial charge is 0.305 e. The number of rotatable bonds is 12. The van der Waals surface area contributed by atoms with Gasteiger partial charge in [0.25, 0.3) is 10.1 Å². The third-order valence-corrected chi connectivity index (χ3v) is 9.02. The topological polar surface area (TPSA) is 110 Å². The molecular weight excluding hydrogens is 492 g/mol. The quantitative estimate of drug-likeness (QED) is 0.171. The third-order valence-electron chi connectivity index (χ3n) is 7.67. The highest BCUT2D eigenvalue weighted by Crippen LogP contribution is 2.40. The van der Waals surface area contributed by atoms with E-state index in [1.54, 1.807) is 18.2 Å². The molecule has 0 unspecified atom stereocenters. The van der Waals surface area contributed by atoms with E-state index in [0.29, 0.717) is 25.7 Å². The predicted octanol–water partition coefficient (Wildman–Crippen LogP) is 4.85. The average Bonchev–Trinajstić information content (AvgIpc) is 3.17. The number of aryl methyl sites for hydroxylation is 1. The number of benzene rings is 1. The largest absolute Gasteiger partial charge is 0.469 e. The lowest BCUT2D eigenvalue weighted by molar-refractivity contribution is -0.140. The lowest BCUT2D eigenvalue weighted by atomic mass is 9.84. The zero-order valence-corrected chi connectivity index (χ0v) is 22.8. The Balaban J connectivity index is 1.72. The molecule has 7 nitrogen and oxygen atoms in total. The molecule has 0 radical (unpaired) electrons. The highest BCUT2D eigenvalue weighted by atomic mass is 32.2. The van der Waals surface area contributed by atoms with E-state index in [9.17, 15) is 23.4 Å². The molecule has 2 fully saturated rings. The van der Waals surface area contributed by atoms with Gasteiger partial charge in [-0.3, -0.25) is 8.98 Å². The number of carbonyl (C=O) groups is 1. The van der Waals surface area contributed by atoms with Crippen molar-refractivity contribution in [1.29, 1.82) is 0 Å². The molecule has 0 heterocycles. The number of hydrogen-bond donors (Lipinski definition) is 2. The Morgan fingerprint density at radius 1 is 1.14 bits per heavy atom. The molecule has 0 aliphatic heterocycles.